The molecular formula is C26H25N9O7S2. The Morgan fingerprint density at radius 3 is 2.64 bits per heavy atom. The van der Waals surface area contributed by atoms with E-state index in [-0.39, 0.29) is 23.8 Å². The maximum atomic E-state index is 13.7. The first kappa shape index (κ1) is 29.2. The monoisotopic (exact) mass is 639 g/mol. The Morgan fingerprint density at radius 2 is 1.93 bits per heavy atom. The molecule has 2 fully saturated rings. The number of aryl methyl sites for hydroxylation is 1. The van der Waals surface area contributed by atoms with E-state index in [2.05, 4.69) is 25.8 Å². The molecule has 0 bridgehead atoms. The number of β-lactam (4-membered cyclic amide) rings is 1. The van der Waals surface area contributed by atoms with E-state index in [1.54, 1.807) is 31.3 Å². The van der Waals surface area contributed by atoms with Crippen LogP contribution in [0, 0.1) is 5.41 Å². The zero-order chi connectivity index (χ0) is 31.2. The highest BCUT2D eigenvalue weighted by atomic mass is 32.2. The van der Waals surface area contributed by atoms with Crippen LogP contribution in [-0.4, -0.2) is 105 Å². The molecule has 4 heterocycles. The fraction of sp³-hybridized carbons (Fsp3) is 0.308. The van der Waals surface area contributed by atoms with Gasteiger partial charge in [0.15, 0.2) is 0 Å². The first-order valence-electron chi connectivity index (χ1n) is 13.2. The zero-order valence-electron chi connectivity index (χ0n) is 23.0. The predicted octanol–water partition coefficient (Wildman–Crippen LogP) is 0.297. The molecule has 18 heteroatoms. The number of anilines is 1. The van der Waals surface area contributed by atoms with Crippen LogP contribution in [0.3, 0.4) is 0 Å². The number of carboxylic acid groups (broad SMARTS) is 1. The number of aromatic nitrogens is 6. The summed E-state index contributed by atoms with van der Waals surface area (Å²) in [5.74, 6) is -1.95. The van der Waals surface area contributed by atoms with Crippen LogP contribution in [0.2, 0.25) is 0 Å². The molecule has 2 unspecified atom stereocenters. The van der Waals surface area contributed by atoms with E-state index < -0.39 is 52.9 Å². The summed E-state index contributed by atoms with van der Waals surface area (Å²) >= 11 is 2.42. The lowest BCUT2D eigenvalue weighted by molar-refractivity contribution is -0.156. The van der Waals surface area contributed by atoms with E-state index >= 15 is 0 Å². The highest BCUT2D eigenvalue weighted by Crippen LogP contribution is 2.46. The number of hydrogen-bond acceptors (Lipinski definition) is 11. The lowest BCUT2D eigenvalue weighted by Gasteiger charge is -2.56. The normalized spacial score (nSPS) is 21.0. The largest absolute Gasteiger partial charge is 0.508 e. The van der Waals surface area contributed by atoms with Crippen molar-refractivity contribution in [1.82, 2.24) is 40.0 Å². The van der Waals surface area contributed by atoms with E-state index in [1.165, 1.54) is 62.3 Å². The van der Waals surface area contributed by atoms with Crippen LogP contribution in [0.4, 0.5) is 10.5 Å². The van der Waals surface area contributed by atoms with E-state index in [1.807, 2.05) is 0 Å². The molecule has 44 heavy (non-hydrogen) atoms. The Labute approximate surface area is 256 Å². The van der Waals surface area contributed by atoms with Crippen LogP contribution in [-0.2, 0) is 21.4 Å². The molecule has 228 valence electrons. The number of rotatable bonds is 8. The third-order valence-corrected chi connectivity index (χ3v) is 10.4. The Hall–Kier alpha value is -4.84. The Bertz CT molecular complexity index is 1840. The average Bonchev–Trinajstić information content (AvgIpc) is 3.58. The highest BCUT2D eigenvalue weighted by Gasteiger charge is 2.59. The van der Waals surface area contributed by atoms with Gasteiger partial charge in [-0.25, -0.2) is 18.8 Å². The summed E-state index contributed by atoms with van der Waals surface area (Å²) < 4.78 is 2.31. The standard InChI is InChI=1S/C26H25N9O7S2/c1-32-25(29-30-31-32)44-13-26(22(39)40)11-33-20(38)19(21(33)43-12-26)34(14-6-8-15(36)9-7-14)18(37)10-27-23(41)35-17-5-3-2-4-16(17)28-24(35)42/h2-9,19,21,36H,10-13H2,1H3,(H,27,41)(H,28,42)(H,39,40)/t19?,21-,26?/m1/s1. The predicted molar refractivity (Wildman–Crippen MR) is 158 cm³/mol. The maximum Gasteiger partial charge on any atom is 0.334 e. The molecule has 2 saturated heterocycles. The molecule has 2 aliphatic heterocycles. The summed E-state index contributed by atoms with van der Waals surface area (Å²) in [4.78, 5) is 70.4. The van der Waals surface area contributed by atoms with Gasteiger partial charge >= 0.3 is 17.7 Å². The average molecular weight is 640 g/mol. The zero-order valence-corrected chi connectivity index (χ0v) is 24.6. The van der Waals surface area contributed by atoms with Crippen molar-refractivity contribution in [3.8, 4) is 5.75 Å². The molecule has 2 aromatic carbocycles. The number of phenols is 1. The summed E-state index contributed by atoms with van der Waals surface area (Å²) in [7, 11) is 1.64. The molecule has 3 atom stereocenters. The number of fused-ring (bicyclic) bond motifs is 2. The molecule has 2 aromatic heterocycles. The van der Waals surface area contributed by atoms with Gasteiger partial charge in [-0.3, -0.25) is 19.3 Å². The van der Waals surface area contributed by atoms with Crippen molar-refractivity contribution in [2.24, 2.45) is 12.5 Å². The van der Waals surface area contributed by atoms with Gasteiger partial charge in [0, 0.05) is 30.8 Å². The van der Waals surface area contributed by atoms with Crippen molar-refractivity contribution in [3.63, 3.8) is 0 Å². The number of aromatic amines is 1. The van der Waals surface area contributed by atoms with Crippen LogP contribution in [0.15, 0.2) is 58.5 Å². The minimum absolute atomic E-state index is 0.0522. The van der Waals surface area contributed by atoms with Gasteiger partial charge in [-0.1, -0.05) is 23.9 Å². The number of thioether (sulfide) groups is 2. The van der Waals surface area contributed by atoms with Crippen LogP contribution < -0.4 is 15.9 Å². The molecule has 4 N–H and O–H groups in total. The number of aliphatic carboxylic acids is 1. The molecule has 3 amide bonds. The van der Waals surface area contributed by atoms with Gasteiger partial charge < -0.3 is 25.4 Å². The van der Waals surface area contributed by atoms with Crippen molar-refractivity contribution in [3.05, 3.63) is 59.0 Å². The number of nitrogens with one attached hydrogen (secondary N) is 2. The quantitative estimate of drug-likeness (QED) is 0.152. The number of H-pyrrole nitrogens is 1. The number of tetrazole rings is 1. The number of benzene rings is 2. The smallest absolute Gasteiger partial charge is 0.334 e. The second-order valence-electron chi connectivity index (χ2n) is 10.3. The second kappa shape index (κ2) is 11.3. The van der Waals surface area contributed by atoms with Gasteiger partial charge in [-0.2, -0.15) is 0 Å². The van der Waals surface area contributed by atoms with Crippen molar-refractivity contribution >= 4 is 64.1 Å². The topological polar surface area (TPSA) is 209 Å². The summed E-state index contributed by atoms with van der Waals surface area (Å²) in [6, 6.07) is 10.4. The fourth-order valence-electron chi connectivity index (χ4n) is 5.18. The number of phenolic OH excluding ortho intramolecular Hbond substituents is 1. The summed E-state index contributed by atoms with van der Waals surface area (Å²) in [5.41, 5.74) is -0.886. The minimum atomic E-state index is -1.29. The number of nitrogens with zero attached hydrogens (tertiary/aromatic N) is 7. The van der Waals surface area contributed by atoms with E-state index in [9.17, 15) is 34.2 Å². The first-order valence-corrected chi connectivity index (χ1v) is 15.2. The maximum absolute atomic E-state index is 13.7. The third kappa shape index (κ3) is 5.04. The molecule has 0 aliphatic carbocycles. The number of carbonyl (C=O) groups is 4. The van der Waals surface area contributed by atoms with Crippen LogP contribution in [0.25, 0.3) is 11.0 Å². The van der Waals surface area contributed by atoms with Crippen molar-refractivity contribution < 1.29 is 29.4 Å². The van der Waals surface area contributed by atoms with Crippen LogP contribution >= 0.6 is 23.5 Å². The minimum Gasteiger partial charge on any atom is -0.508 e. The van der Waals surface area contributed by atoms with Gasteiger partial charge in [0.25, 0.3) is 0 Å². The number of carboxylic acids is 1. The van der Waals surface area contributed by atoms with Gasteiger partial charge in [-0.05, 0) is 46.8 Å². The SMILES string of the molecule is Cn1nnnc1SCC1(C(=O)O)CS[C@@H]2C(N(C(=O)CNC(=O)n3c(=O)[nH]c4ccccc43)c3ccc(O)cc3)C(=O)N2C1. The van der Waals surface area contributed by atoms with Crippen molar-refractivity contribution in [2.75, 3.05) is 29.5 Å². The lowest BCUT2D eigenvalue weighted by Crippen LogP contribution is -2.75. The number of imidazole rings is 1. The Kier molecular flexibility index (Phi) is 7.54. The first-order chi connectivity index (χ1) is 21.1. The molecule has 0 saturated carbocycles. The fourth-order valence-corrected chi connectivity index (χ4v) is 7.93. The molecule has 6 rings (SSSR count). The number of carbonyl (C=O) groups excluding carboxylic acids is 3. The third-order valence-electron chi connectivity index (χ3n) is 7.49. The second-order valence-corrected chi connectivity index (χ2v) is 12.3. The van der Waals surface area contributed by atoms with Gasteiger partial charge in [0.05, 0.1) is 17.6 Å². The summed E-state index contributed by atoms with van der Waals surface area (Å²) in [5, 5.41) is 33.6. The molecule has 16 nitrogen and oxygen atoms in total. The summed E-state index contributed by atoms with van der Waals surface area (Å²) in [6.45, 7) is -0.625. The highest BCUT2D eigenvalue weighted by molar-refractivity contribution is 8.00. The Balaban J connectivity index is 1.21. The molecular weight excluding hydrogens is 614 g/mol. The molecule has 0 radical (unpaired) electrons. The molecule has 2 aliphatic rings. The number of hydrogen-bond donors (Lipinski definition) is 4. The number of aromatic hydroxyl groups is 1. The molecule has 0 spiro atoms. The van der Waals surface area contributed by atoms with Gasteiger partial charge in [0.2, 0.25) is 17.0 Å². The lowest BCUT2D eigenvalue weighted by atomic mass is 9.89. The van der Waals surface area contributed by atoms with E-state index in [0.717, 1.165) is 4.57 Å². The number of amides is 3. The van der Waals surface area contributed by atoms with Gasteiger partial charge in [-0.15, -0.1) is 16.9 Å². The Morgan fingerprint density at radius 1 is 1.18 bits per heavy atom. The number of para-hydroxylation sites is 2. The van der Waals surface area contributed by atoms with E-state index in [0.29, 0.717) is 21.9 Å². The van der Waals surface area contributed by atoms with E-state index in [4.69, 9.17) is 0 Å². The summed E-state index contributed by atoms with van der Waals surface area (Å²) in [6.07, 6.45) is 0. The van der Waals surface area contributed by atoms with Crippen LogP contribution in [0.5, 0.6) is 5.75 Å². The van der Waals surface area contributed by atoms with Gasteiger partial charge in [0.1, 0.15) is 22.6 Å². The molecule has 4 aromatic rings. The van der Waals surface area contributed by atoms with Crippen molar-refractivity contribution in [1.29, 1.82) is 0 Å². The van der Waals surface area contributed by atoms with Crippen molar-refractivity contribution in [2.45, 2.75) is 16.6 Å². The van der Waals surface area contributed by atoms with Crippen LogP contribution in [0.1, 0.15) is 0 Å².